The number of rotatable bonds is 4. The zero-order valence-electron chi connectivity index (χ0n) is 10.5. The molecule has 2 aromatic rings. The normalized spacial score (nSPS) is 10.4. The highest BCUT2D eigenvalue weighted by Crippen LogP contribution is 2.16. The van der Waals surface area contributed by atoms with Crippen molar-refractivity contribution in [2.24, 2.45) is 0 Å². The predicted octanol–water partition coefficient (Wildman–Crippen LogP) is 2.34. The molecule has 1 heterocycles. The summed E-state index contributed by atoms with van der Waals surface area (Å²) < 4.78 is 6.45. The van der Waals surface area contributed by atoms with Crippen LogP contribution in [-0.2, 0) is 11.3 Å². The van der Waals surface area contributed by atoms with Crippen LogP contribution in [0.2, 0.25) is 5.02 Å². The minimum absolute atomic E-state index is 0.288. The van der Waals surface area contributed by atoms with Crippen molar-refractivity contribution in [3.8, 4) is 0 Å². The summed E-state index contributed by atoms with van der Waals surface area (Å²) in [6.07, 6.45) is 1.42. The highest BCUT2D eigenvalue weighted by molar-refractivity contribution is 6.30. The van der Waals surface area contributed by atoms with Gasteiger partial charge in [0.25, 0.3) is 0 Å². The Morgan fingerprint density at radius 1 is 1.42 bits per heavy atom. The van der Waals surface area contributed by atoms with Gasteiger partial charge in [-0.05, 0) is 24.6 Å². The van der Waals surface area contributed by atoms with E-state index in [9.17, 15) is 4.79 Å². The van der Waals surface area contributed by atoms with Crippen LogP contribution in [0, 0.1) is 0 Å². The largest absolute Gasteiger partial charge is 0.462 e. The van der Waals surface area contributed by atoms with Crippen LogP contribution >= 0.6 is 11.6 Å². The van der Waals surface area contributed by atoms with Crippen molar-refractivity contribution in [3.63, 3.8) is 0 Å². The second-order valence-corrected chi connectivity index (χ2v) is 4.38. The molecule has 100 valence electrons. The molecule has 5 nitrogen and oxygen atoms in total. The van der Waals surface area contributed by atoms with Gasteiger partial charge in [0, 0.05) is 5.02 Å². The third kappa shape index (κ3) is 3.06. The van der Waals surface area contributed by atoms with E-state index in [1.807, 2.05) is 12.1 Å². The standard InChI is InChI=1S/C13H14ClN3O2/c1-2-19-13(18)11-7-16-17(12(11)15)8-9-3-5-10(14)6-4-9/h3-7H,2,8,15H2,1H3. The number of esters is 1. The molecule has 6 heteroatoms. The smallest absolute Gasteiger partial charge is 0.343 e. The molecule has 0 bridgehead atoms. The number of halogens is 1. The molecule has 1 aromatic heterocycles. The number of nitrogens with zero attached hydrogens (tertiary/aromatic N) is 2. The number of anilines is 1. The van der Waals surface area contributed by atoms with Crippen LogP contribution in [-0.4, -0.2) is 22.4 Å². The molecule has 19 heavy (non-hydrogen) atoms. The van der Waals surface area contributed by atoms with E-state index in [1.54, 1.807) is 23.7 Å². The Balaban J connectivity index is 2.18. The number of hydrogen-bond acceptors (Lipinski definition) is 4. The zero-order chi connectivity index (χ0) is 13.8. The molecule has 0 unspecified atom stereocenters. The molecule has 0 saturated heterocycles. The third-order valence-corrected chi connectivity index (χ3v) is 2.87. The number of aromatic nitrogens is 2. The molecular formula is C13H14ClN3O2. The predicted molar refractivity (Wildman–Crippen MR) is 73.1 cm³/mol. The molecule has 0 aliphatic heterocycles. The Kier molecular flexibility index (Phi) is 4.06. The molecular weight excluding hydrogens is 266 g/mol. The number of benzene rings is 1. The summed E-state index contributed by atoms with van der Waals surface area (Å²) in [5, 5.41) is 4.77. The number of nitrogen functional groups attached to an aromatic ring is 1. The van der Waals surface area contributed by atoms with Crippen molar-refractivity contribution in [1.82, 2.24) is 9.78 Å². The Morgan fingerprint density at radius 2 is 2.11 bits per heavy atom. The minimum Gasteiger partial charge on any atom is -0.462 e. The van der Waals surface area contributed by atoms with E-state index in [2.05, 4.69) is 5.10 Å². The van der Waals surface area contributed by atoms with Crippen molar-refractivity contribution in [3.05, 3.63) is 46.6 Å². The third-order valence-electron chi connectivity index (χ3n) is 2.62. The van der Waals surface area contributed by atoms with E-state index in [4.69, 9.17) is 22.1 Å². The van der Waals surface area contributed by atoms with Crippen LogP contribution in [0.25, 0.3) is 0 Å². The van der Waals surface area contributed by atoms with Crippen LogP contribution in [0.4, 0.5) is 5.82 Å². The maximum atomic E-state index is 11.6. The molecule has 0 saturated carbocycles. The lowest BCUT2D eigenvalue weighted by molar-refractivity contribution is 0.0527. The maximum absolute atomic E-state index is 11.6. The highest BCUT2D eigenvalue weighted by Gasteiger charge is 2.16. The first-order chi connectivity index (χ1) is 9.11. The van der Waals surface area contributed by atoms with Crippen LogP contribution < -0.4 is 5.73 Å². The van der Waals surface area contributed by atoms with Crippen LogP contribution in [0.15, 0.2) is 30.5 Å². The lowest BCUT2D eigenvalue weighted by Gasteiger charge is -2.05. The van der Waals surface area contributed by atoms with E-state index in [0.717, 1.165) is 5.56 Å². The van der Waals surface area contributed by atoms with Crippen molar-refractivity contribution in [1.29, 1.82) is 0 Å². The van der Waals surface area contributed by atoms with Gasteiger partial charge in [-0.25, -0.2) is 9.48 Å². The monoisotopic (exact) mass is 279 g/mol. The number of carbonyl (C=O) groups is 1. The van der Waals surface area contributed by atoms with Gasteiger partial charge in [0.05, 0.1) is 19.3 Å². The second-order valence-electron chi connectivity index (χ2n) is 3.95. The van der Waals surface area contributed by atoms with Gasteiger partial charge in [0.15, 0.2) is 0 Å². The van der Waals surface area contributed by atoms with Crippen LogP contribution in [0.5, 0.6) is 0 Å². The molecule has 0 aliphatic carbocycles. The van der Waals surface area contributed by atoms with Gasteiger partial charge in [-0.2, -0.15) is 5.10 Å². The Morgan fingerprint density at radius 3 is 2.74 bits per heavy atom. The summed E-state index contributed by atoms with van der Waals surface area (Å²) in [6.45, 7) is 2.52. The van der Waals surface area contributed by atoms with E-state index in [1.165, 1.54) is 6.20 Å². The number of ether oxygens (including phenoxy) is 1. The highest BCUT2D eigenvalue weighted by atomic mass is 35.5. The number of hydrogen-bond donors (Lipinski definition) is 1. The second kappa shape index (κ2) is 5.75. The Labute approximate surface area is 115 Å². The topological polar surface area (TPSA) is 70.1 Å². The zero-order valence-corrected chi connectivity index (χ0v) is 11.2. The fourth-order valence-corrected chi connectivity index (χ4v) is 1.78. The Bertz CT molecular complexity index is 578. The first-order valence-electron chi connectivity index (χ1n) is 5.84. The summed E-state index contributed by atoms with van der Waals surface area (Å²) in [4.78, 5) is 11.6. The van der Waals surface area contributed by atoms with Crippen molar-refractivity contribution in [2.45, 2.75) is 13.5 Å². The fourth-order valence-electron chi connectivity index (χ4n) is 1.65. The quantitative estimate of drug-likeness (QED) is 0.872. The van der Waals surface area contributed by atoms with Crippen molar-refractivity contribution >= 4 is 23.4 Å². The van der Waals surface area contributed by atoms with E-state index < -0.39 is 5.97 Å². The van der Waals surface area contributed by atoms with Gasteiger partial charge < -0.3 is 10.5 Å². The summed E-state index contributed by atoms with van der Waals surface area (Å²) in [6, 6.07) is 7.35. The first-order valence-corrected chi connectivity index (χ1v) is 6.22. The first kappa shape index (κ1) is 13.4. The van der Waals surface area contributed by atoms with E-state index >= 15 is 0 Å². The fraction of sp³-hybridized carbons (Fsp3) is 0.231. The molecule has 0 spiro atoms. The summed E-state index contributed by atoms with van der Waals surface area (Å²) in [5.74, 6) is -0.157. The average molecular weight is 280 g/mol. The lowest BCUT2D eigenvalue weighted by Crippen LogP contribution is -2.10. The molecule has 0 aliphatic rings. The lowest BCUT2D eigenvalue weighted by atomic mass is 10.2. The number of nitrogens with two attached hydrogens (primary N) is 1. The van der Waals surface area contributed by atoms with Gasteiger partial charge in [-0.15, -0.1) is 0 Å². The molecule has 0 radical (unpaired) electrons. The summed E-state index contributed by atoms with van der Waals surface area (Å²) in [7, 11) is 0. The molecule has 2 rings (SSSR count). The van der Waals surface area contributed by atoms with Crippen molar-refractivity contribution in [2.75, 3.05) is 12.3 Å². The molecule has 2 N–H and O–H groups in total. The number of carbonyl (C=O) groups excluding carboxylic acids is 1. The summed E-state index contributed by atoms with van der Waals surface area (Å²) in [5.41, 5.74) is 7.17. The SMILES string of the molecule is CCOC(=O)c1cnn(Cc2ccc(Cl)cc2)c1N. The Hall–Kier alpha value is -2.01. The molecule has 1 aromatic carbocycles. The van der Waals surface area contributed by atoms with Gasteiger partial charge in [-0.1, -0.05) is 23.7 Å². The van der Waals surface area contributed by atoms with Crippen LogP contribution in [0.1, 0.15) is 22.8 Å². The molecule has 0 fully saturated rings. The van der Waals surface area contributed by atoms with E-state index in [-0.39, 0.29) is 5.56 Å². The van der Waals surface area contributed by atoms with E-state index in [0.29, 0.717) is 24.0 Å². The average Bonchev–Trinajstić information content (AvgIpc) is 2.74. The molecule has 0 amide bonds. The van der Waals surface area contributed by atoms with Crippen LogP contribution in [0.3, 0.4) is 0 Å². The van der Waals surface area contributed by atoms with Crippen molar-refractivity contribution < 1.29 is 9.53 Å². The minimum atomic E-state index is -0.456. The van der Waals surface area contributed by atoms with Gasteiger partial charge in [-0.3, -0.25) is 0 Å². The van der Waals surface area contributed by atoms with Gasteiger partial charge in [0.2, 0.25) is 0 Å². The summed E-state index contributed by atoms with van der Waals surface area (Å²) >= 11 is 5.82. The maximum Gasteiger partial charge on any atom is 0.343 e. The van der Waals surface area contributed by atoms with Gasteiger partial charge >= 0.3 is 5.97 Å². The van der Waals surface area contributed by atoms with Gasteiger partial charge in [0.1, 0.15) is 11.4 Å². The molecule has 0 atom stereocenters.